The van der Waals surface area contributed by atoms with Crippen LogP contribution in [0.5, 0.6) is 5.75 Å². The molecule has 0 aliphatic carbocycles. The van der Waals surface area contributed by atoms with E-state index in [1.54, 1.807) is 0 Å². The molecule has 1 aromatic carbocycles. The summed E-state index contributed by atoms with van der Waals surface area (Å²) in [6.45, 7) is 11.6. The molecule has 17 heavy (non-hydrogen) atoms. The minimum absolute atomic E-state index is 0.374. The maximum atomic E-state index is 5.63. The standard InChI is InChI=1S/C14H20BrNO/c1-5-16-12(4)13-6-7-14(10(2)8-13)17-9-11(3)15/h6-8,12,16H,3,5,9H2,1-2,4H3. The lowest BCUT2D eigenvalue weighted by molar-refractivity contribution is 0.358. The molecule has 0 radical (unpaired) electrons. The van der Waals surface area contributed by atoms with Gasteiger partial charge < -0.3 is 10.1 Å². The van der Waals surface area contributed by atoms with E-state index in [1.165, 1.54) is 5.56 Å². The molecule has 1 unspecified atom stereocenters. The summed E-state index contributed by atoms with van der Waals surface area (Å²) in [6, 6.07) is 6.67. The second kappa shape index (κ2) is 6.82. The number of rotatable bonds is 6. The highest BCUT2D eigenvalue weighted by atomic mass is 79.9. The Bertz CT molecular complexity index is 390. The summed E-state index contributed by atoms with van der Waals surface area (Å²) < 4.78 is 6.48. The Morgan fingerprint density at radius 2 is 2.24 bits per heavy atom. The predicted octanol–water partition coefficient (Wildman–Crippen LogP) is 3.95. The first-order valence-corrected chi connectivity index (χ1v) is 6.64. The average Bonchev–Trinajstić information content (AvgIpc) is 2.27. The number of hydrogen-bond acceptors (Lipinski definition) is 2. The highest BCUT2D eigenvalue weighted by Gasteiger charge is 2.06. The van der Waals surface area contributed by atoms with Gasteiger partial charge in [-0.15, -0.1) is 0 Å². The third kappa shape index (κ3) is 4.52. The van der Waals surface area contributed by atoms with E-state index in [1.807, 2.05) is 6.07 Å². The number of halogens is 1. The van der Waals surface area contributed by atoms with Crippen LogP contribution in [0.2, 0.25) is 0 Å². The van der Waals surface area contributed by atoms with Gasteiger partial charge in [0.1, 0.15) is 12.4 Å². The van der Waals surface area contributed by atoms with Crippen molar-refractivity contribution in [3.05, 3.63) is 40.4 Å². The predicted molar refractivity (Wildman–Crippen MR) is 76.8 cm³/mol. The van der Waals surface area contributed by atoms with Gasteiger partial charge in [0.2, 0.25) is 0 Å². The highest BCUT2D eigenvalue weighted by Crippen LogP contribution is 2.23. The summed E-state index contributed by atoms with van der Waals surface area (Å²) in [7, 11) is 0. The van der Waals surface area contributed by atoms with E-state index in [0.29, 0.717) is 12.6 Å². The summed E-state index contributed by atoms with van der Waals surface area (Å²) in [5.74, 6) is 0.915. The maximum absolute atomic E-state index is 5.63. The summed E-state index contributed by atoms with van der Waals surface area (Å²) in [6.07, 6.45) is 0. The largest absolute Gasteiger partial charge is 0.488 e. The van der Waals surface area contributed by atoms with Gasteiger partial charge in [0.15, 0.2) is 0 Å². The van der Waals surface area contributed by atoms with Crippen LogP contribution in [0.1, 0.15) is 31.0 Å². The Morgan fingerprint density at radius 1 is 1.53 bits per heavy atom. The van der Waals surface area contributed by atoms with Gasteiger partial charge in [-0.05, 0) is 37.6 Å². The van der Waals surface area contributed by atoms with E-state index in [2.05, 4.69) is 60.7 Å². The van der Waals surface area contributed by atoms with Gasteiger partial charge in [-0.1, -0.05) is 41.6 Å². The molecule has 0 aliphatic heterocycles. The summed E-state index contributed by atoms with van der Waals surface area (Å²) in [4.78, 5) is 0. The Labute approximate surface area is 112 Å². The Morgan fingerprint density at radius 3 is 2.76 bits per heavy atom. The Kier molecular flexibility index (Phi) is 5.72. The van der Waals surface area contributed by atoms with Crippen LogP contribution in [-0.2, 0) is 0 Å². The number of nitrogens with one attached hydrogen (secondary N) is 1. The lowest BCUT2D eigenvalue weighted by Gasteiger charge is -2.15. The zero-order chi connectivity index (χ0) is 12.8. The molecule has 94 valence electrons. The van der Waals surface area contributed by atoms with Crippen LogP contribution in [0.3, 0.4) is 0 Å². The molecule has 0 saturated carbocycles. The molecule has 1 atom stereocenters. The van der Waals surface area contributed by atoms with Crippen LogP contribution in [0.4, 0.5) is 0 Å². The van der Waals surface area contributed by atoms with Crippen molar-refractivity contribution in [1.29, 1.82) is 0 Å². The van der Waals surface area contributed by atoms with E-state index in [4.69, 9.17) is 4.74 Å². The fourth-order valence-electron chi connectivity index (χ4n) is 1.68. The first-order valence-electron chi connectivity index (χ1n) is 5.84. The summed E-state index contributed by atoms with van der Waals surface area (Å²) in [5, 5.41) is 3.40. The fourth-order valence-corrected chi connectivity index (χ4v) is 1.80. The molecule has 1 aromatic rings. The van der Waals surface area contributed by atoms with Crippen molar-refractivity contribution in [2.24, 2.45) is 0 Å². The van der Waals surface area contributed by atoms with Gasteiger partial charge in [-0.3, -0.25) is 0 Å². The van der Waals surface area contributed by atoms with E-state index in [-0.39, 0.29) is 0 Å². The van der Waals surface area contributed by atoms with Gasteiger partial charge in [-0.2, -0.15) is 0 Å². The molecule has 0 aromatic heterocycles. The summed E-state index contributed by atoms with van der Waals surface area (Å²) >= 11 is 3.29. The normalized spacial score (nSPS) is 12.2. The molecule has 0 saturated heterocycles. The molecule has 1 rings (SSSR count). The molecule has 3 heteroatoms. The molecule has 1 N–H and O–H groups in total. The second-order valence-electron chi connectivity index (χ2n) is 4.11. The molecular weight excluding hydrogens is 278 g/mol. The summed E-state index contributed by atoms with van der Waals surface area (Å²) in [5.41, 5.74) is 2.44. The molecular formula is C14H20BrNO. The van der Waals surface area contributed by atoms with Gasteiger partial charge in [0, 0.05) is 10.5 Å². The van der Waals surface area contributed by atoms with E-state index < -0.39 is 0 Å². The molecule has 0 bridgehead atoms. The number of aryl methyl sites for hydroxylation is 1. The van der Waals surface area contributed by atoms with Crippen LogP contribution in [-0.4, -0.2) is 13.2 Å². The van der Waals surface area contributed by atoms with Crippen LogP contribution in [0.25, 0.3) is 0 Å². The zero-order valence-corrected chi connectivity index (χ0v) is 12.3. The molecule has 0 heterocycles. The van der Waals surface area contributed by atoms with Crippen molar-refractivity contribution in [3.8, 4) is 5.75 Å². The van der Waals surface area contributed by atoms with Gasteiger partial charge in [0.05, 0.1) is 0 Å². The molecule has 2 nitrogen and oxygen atoms in total. The average molecular weight is 298 g/mol. The fraction of sp³-hybridized carbons (Fsp3) is 0.429. The lowest BCUT2D eigenvalue weighted by Crippen LogP contribution is -2.17. The lowest BCUT2D eigenvalue weighted by atomic mass is 10.1. The van der Waals surface area contributed by atoms with Crippen molar-refractivity contribution < 1.29 is 4.74 Å². The highest BCUT2D eigenvalue weighted by molar-refractivity contribution is 9.11. The van der Waals surface area contributed by atoms with Crippen molar-refractivity contribution in [3.63, 3.8) is 0 Å². The number of ether oxygens (including phenoxy) is 1. The minimum Gasteiger partial charge on any atom is -0.488 e. The molecule has 0 spiro atoms. The van der Waals surface area contributed by atoms with Crippen molar-refractivity contribution in [1.82, 2.24) is 5.32 Å². The SMILES string of the molecule is C=C(Br)COc1ccc(C(C)NCC)cc1C. The first kappa shape index (κ1) is 14.3. The van der Waals surface area contributed by atoms with E-state index >= 15 is 0 Å². The van der Waals surface area contributed by atoms with Crippen LogP contribution in [0, 0.1) is 6.92 Å². The van der Waals surface area contributed by atoms with Crippen molar-refractivity contribution in [2.75, 3.05) is 13.2 Å². The monoisotopic (exact) mass is 297 g/mol. The molecule has 0 aliphatic rings. The second-order valence-corrected chi connectivity index (χ2v) is 5.23. The topological polar surface area (TPSA) is 21.3 Å². The van der Waals surface area contributed by atoms with Gasteiger partial charge in [0.25, 0.3) is 0 Å². The number of hydrogen-bond donors (Lipinski definition) is 1. The van der Waals surface area contributed by atoms with Gasteiger partial charge >= 0.3 is 0 Å². The van der Waals surface area contributed by atoms with Gasteiger partial charge in [-0.25, -0.2) is 0 Å². The Balaban J connectivity index is 2.75. The maximum Gasteiger partial charge on any atom is 0.122 e. The number of benzene rings is 1. The third-order valence-electron chi connectivity index (χ3n) is 2.59. The van der Waals surface area contributed by atoms with Crippen LogP contribution >= 0.6 is 15.9 Å². The smallest absolute Gasteiger partial charge is 0.122 e. The zero-order valence-electron chi connectivity index (χ0n) is 10.7. The molecule has 0 amide bonds. The quantitative estimate of drug-likeness (QED) is 0.858. The van der Waals surface area contributed by atoms with Crippen molar-refractivity contribution >= 4 is 15.9 Å². The van der Waals surface area contributed by atoms with Crippen LogP contribution in [0.15, 0.2) is 29.3 Å². The van der Waals surface area contributed by atoms with E-state index in [0.717, 1.165) is 22.3 Å². The minimum atomic E-state index is 0.374. The molecule has 0 fully saturated rings. The first-order chi connectivity index (χ1) is 8.04. The van der Waals surface area contributed by atoms with Crippen molar-refractivity contribution in [2.45, 2.75) is 26.8 Å². The third-order valence-corrected chi connectivity index (χ3v) is 2.82. The van der Waals surface area contributed by atoms with Crippen LogP contribution < -0.4 is 10.1 Å². The Hall–Kier alpha value is -0.800. The van der Waals surface area contributed by atoms with E-state index in [9.17, 15) is 0 Å².